The van der Waals surface area contributed by atoms with Gasteiger partial charge in [-0.05, 0) is 17.7 Å². The number of nitrogens with zero attached hydrogens (tertiary/aromatic N) is 4. The minimum atomic E-state index is -2.14. The summed E-state index contributed by atoms with van der Waals surface area (Å²) in [5.74, 6) is -1.20. The summed E-state index contributed by atoms with van der Waals surface area (Å²) in [7, 11) is 0. The minimum absolute atomic E-state index is 0.285. The summed E-state index contributed by atoms with van der Waals surface area (Å²) in [6, 6.07) is 0. The number of rotatable bonds is 3. The first kappa shape index (κ1) is 15.6. The smallest absolute Gasteiger partial charge is 0.287 e. The van der Waals surface area contributed by atoms with Crippen molar-refractivity contribution in [1.82, 2.24) is 9.55 Å². The Bertz CT molecular complexity index is 715. The predicted octanol–water partition coefficient (Wildman–Crippen LogP) is -0.706. The third kappa shape index (κ3) is 2.44. The van der Waals surface area contributed by atoms with E-state index in [9.17, 15) is 24.5 Å². The molecule has 4 atom stereocenters. The molecule has 0 amide bonds. The van der Waals surface area contributed by atoms with Crippen molar-refractivity contribution in [1.29, 1.82) is 0 Å². The number of aliphatic hydroxyl groups excluding tert-OH is 3. The number of nitrogens with one attached hydrogen (secondary N) is 1. The molecule has 4 N–H and O–H groups in total. The Morgan fingerprint density at radius 2 is 2.33 bits per heavy atom. The third-order valence-corrected chi connectivity index (χ3v) is 3.35. The normalized spacial score (nSPS) is 31.9. The lowest BCUT2D eigenvalue weighted by atomic mass is 10.1. The van der Waals surface area contributed by atoms with Gasteiger partial charge in [-0.25, -0.2) is 0 Å². The van der Waals surface area contributed by atoms with E-state index in [4.69, 9.17) is 22.5 Å². The molecule has 1 fully saturated rings. The average Bonchev–Trinajstić information content (AvgIpc) is 2.69. The van der Waals surface area contributed by atoms with Gasteiger partial charge >= 0.3 is 0 Å². The largest absolute Gasteiger partial charge is 0.393 e. The number of hydrogen-bond donors (Lipinski definition) is 4. The Hall–Kier alpha value is -1.82. The van der Waals surface area contributed by atoms with Gasteiger partial charge in [-0.3, -0.25) is 14.3 Å². The van der Waals surface area contributed by atoms with Gasteiger partial charge < -0.3 is 20.1 Å². The molecule has 2 rings (SSSR count). The maximum absolute atomic E-state index is 13.3. The lowest BCUT2D eigenvalue weighted by molar-refractivity contribution is -0.124. The van der Waals surface area contributed by atoms with Crippen LogP contribution in [0.5, 0.6) is 0 Å². The molecule has 1 aromatic heterocycles. The molecule has 10 nitrogen and oxygen atoms in total. The quantitative estimate of drug-likeness (QED) is 0.249. The minimum Gasteiger partial charge on any atom is -0.393 e. The van der Waals surface area contributed by atoms with E-state index in [-0.39, 0.29) is 4.77 Å². The van der Waals surface area contributed by atoms with E-state index in [1.54, 1.807) is 0 Å². The summed E-state index contributed by atoms with van der Waals surface area (Å²) in [5.41, 5.74) is 5.26. The van der Waals surface area contributed by atoms with Crippen molar-refractivity contribution in [3.05, 3.63) is 37.6 Å². The fourth-order valence-corrected chi connectivity index (χ4v) is 2.21. The first-order valence-corrected chi connectivity index (χ1v) is 5.99. The van der Waals surface area contributed by atoms with Crippen molar-refractivity contribution in [3.63, 3.8) is 0 Å². The zero-order valence-electron chi connectivity index (χ0n) is 10.2. The molecule has 1 aromatic rings. The highest BCUT2D eigenvalue weighted by atomic mass is 32.1. The number of ether oxygens (including phenoxy) is 1. The van der Waals surface area contributed by atoms with Gasteiger partial charge in [0.15, 0.2) is 11.0 Å². The maximum atomic E-state index is 13.3. The van der Waals surface area contributed by atoms with Gasteiger partial charge in [0, 0.05) is 4.91 Å². The van der Waals surface area contributed by atoms with E-state index >= 15 is 0 Å². The van der Waals surface area contributed by atoms with Crippen LogP contribution >= 0.6 is 12.2 Å². The van der Waals surface area contributed by atoms with Crippen LogP contribution in [-0.2, 0) is 4.74 Å². The van der Waals surface area contributed by atoms with Crippen LogP contribution in [0, 0.1) is 10.6 Å². The van der Waals surface area contributed by atoms with Crippen molar-refractivity contribution in [2.75, 3.05) is 6.61 Å². The Labute approximate surface area is 120 Å². The first-order valence-electron chi connectivity index (χ1n) is 5.58. The molecule has 1 aliphatic rings. The number of aromatic nitrogens is 2. The average molecular weight is 319 g/mol. The predicted molar refractivity (Wildman–Crippen MR) is 66.9 cm³/mol. The molecule has 1 aliphatic heterocycles. The van der Waals surface area contributed by atoms with Crippen LogP contribution in [0.15, 0.2) is 16.1 Å². The standard InChI is InChI=1S/C9H10FN5O5S/c10-3-1-15(8(21)12-6(3)19)7-4(17)5(18)9(2-16,20-7)13-14-11/h1,4-5,7,16-18H,2H2,(H,12,19,21)/t4?,5-,7-,9-/m1/s1. The summed E-state index contributed by atoms with van der Waals surface area (Å²) < 4.78 is 19.0. The van der Waals surface area contributed by atoms with Crippen molar-refractivity contribution in [3.8, 4) is 0 Å². The monoisotopic (exact) mass is 319 g/mol. The van der Waals surface area contributed by atoms with Gasteiger partial charge in [0.1, 0.15) is 12.2 Å². The SMILES string of the molecule is [N-]=[N+]=N[C@]1(CO)O[C@@H](n2cc(F)c(=O)[nH]c2=S)C(O)[C@H]1O. The second kappa shape index (κ2) is 5.52. The van der Waals surface area contributed by atoms with Crippen LogP contribution in [-0.4, -0.2) is 49.4 Å². The lowest BCUT2D eigenvalue weighted by Crippen LogP contribution is -2.44. The summed E-state index contributed by atoms with van der Waals surface area (Å²) in [6.45, 7) is -0.926. The van der Waals surface area contributed by atoms with Crippen LogP contribution in [0.3, 0.4) is 0 Å². The van der Waals surface area contributed by atoms with Gasteiger partial charge in [0.25, 0.3) is 5.56 Å². The molecule has 12 heteroatoms. The van der Waals surface area contributed by atoms with Crippen LogP contribution in [0.2, 0.25) is 0 Å². The van der Waals surface area contributed by atoms with Crippen LogP contribution < -0.4 is 5.56 Å². The Morgan fingerprint density at radius 3 is 2.90 bits per heavy atom. The summed E-state index contributed by atoms with van der Waals surface area (Å²) >= 11 is 4.81. The molecule has 0 aromatic carbocycles. The fraction of sp³-hybridized carbons (Fsp3) is 0.556. The molecule has 0 radical (unpaired) electrons. The maximum Gasteiger partial charge on any atom is 0.287 e. The highest BCUT2D eigenvalue weighted by Crippen LogP contribution is 2.38. The Balaban J connectivity index is 2.52. The number of halogens is 1. The summed E-state index contributed by atoms with van der Waals surface area (Å²) in [4.78, 5) is 15.5. The second-order valence-electron chi connectivity index (χ2n) is 4.28. The van der Waals surface area contributed by atoms with Crippen LogP contribution in [0.1, 0.15) is 6.23 Å². The summed E-state index contributed by atoms with van der Waals surface area (Å²) in [5, 5.41) is 32.2. The molecular weight excluding hydrogens is 309 g/mol. The second-order valence-corrected chi connectivity index (χ2v) is 4.67. The fourth-order valence-electron chi connectivity index (χ4n) is 1.96. The van der Waals surface area contributed by atoms with Crippen molar-refractivity contribution >= 4 is 12.2 Å². The van der Waals surface area contributed by atoms with E-state index in [0.717, 1.165) is 4.57 Å². The lowest BCUT2D eigenvalue weighted by Gasteiger charge is -2.23. The van der Waals surface area contributed by atoms with E-state index in [1.807, 2.05) is 4.98 Å². The van der Waals surface area contributed by atoms with Gasteiger partial charge in [0.2, 0.25) is 11.5 Å². The van der Waals surface area contributed by atoms with Crippen molar-refractivity contribution in [2.24, 2.45) is 5.11 Å². The zero-order chi connectivity index (χ0) is 15.8. The highest BCUT2D eigenvalue weighted by Gasteiger charge is 2.54. The molecule has 2 heterocycles. The number of aromatic amines is 1. The molecular formula is C9H10FN5O5S. The van der Waals surface area contributed by atoms with Crippen LogP contribution in [0.4, 0.5) is 4.39 Å². The van der Waals surface area contributed by atoms with Gasteiger partial charge in [-0.2, -0.15) is 4.39 Å². The van der Waals surface area contributed by atoms with Gasteiger partial charge in [-0.15, -0.1) is 0 Å². The van der Waals surface area contributed by atoms with Crippen molar-refractivity contribution < 1.29 is 24.4 Å². The highest BCUT2D eigenvalue weighted by molar-refractivity contribution is 7.71. The molecule has 1 saturated heterocycles. The zero-order valence-corrected chi connectivity index (χ0v) is 11.1. The number of aliphatic hydroxyl groups is 3. The van der Waals surface area contributed by atoms with E-state index < -0.39 is 42.1 Å². The molecule has 0 saturated carbocycles. The Kier molecular flexibility index (Phi) is 4.09. The Morgan fingerprint density at radius 1 is 1.67 bits per heavy atom. The number of H-pyrrole nitrogens is 1. The molecule has 0 bridgehead atoms. The number of azide groups is 1. The van der Waals surface area contributed by atoms with Crippen molar-refractivity contribution in [2.45, 2.75) is 24.2 Å². The molecule has 0 aliphatic carbocycles. The molecule has 0 spiro atoms. The summed E-state index contributed by atoms with van der Waals surface area (Å²) in [6.07, 6.45) is -4.25. The molecule has 21 heavy (non-hydrogen) atoms. The molecule has 114 valence electrons. The third-order valence-electron chi connectivity index (χ3n) is 3.04. The van der Waals surface area contributed by atoms with E-state index in [0.29, 0.717) is 6.20 Å². The first-order chi connectivity index (χ1) is 9.86. The van der Waals surface area contributed by atoms with Crippen LogP contribution in [0.25, 0.3) is 10.4 Å². The number of hydrogen-bond acceptors (Lipinski definition) is 7. The van der Waals surface area contributed by atoms with Gasteiger partial charge in [0.05, 0.1) is 12.8 Å². The van der Waals surface area contributed by atoms with E-state index in [2.05, 4.69) is 10.0 Å². The molecule has 1 unspecified atom stereocenters. The van der Waals surface area contributed by atoms with E-state index in [1.165, 1.54) is 0 Å². The topological polar surface area (TPSA) is 156 Å². The van der Waals surface area contributed by atoms with Gasteiger partial charge in [-0.1, -0.05) is 5.11 Å².